The van der Waals surface area contributed by atoms with Crippen molar-refractivity contribution in [1.29, 1.82) is 0 Å². The number of carbonyl (C=O) groups is 1. The van der Waals surface area contributed by atoms with Crippen molar-refractivity contribution in [3.63, 3.8) is 0 Å². The van der Waals surface area contributed by atoms with Crippen LogP contribution in [0, 0.1) is 6.92 Å². The molecule has 2 aromatic carbocycles. The van der Waals surface area contributed by atoms with E-state index >= 15 is 0 Å². The van der Waals surface area contributed by atoms with Gasteiger partial charge in [-0.3, -0.25) is 4.79 Å². The molecule has 0 bridgehead atoms. The molecule has 2 aromatic rings. The smallest absolute Gasteiger partial charge is 0.277 e. The minimum Gasteiger partial charge on any atom is -0.484 e. The zero-order valence-corrected chi connectivity index (χ0v) is 13.9. The molecule has 0 aromatic heterocycles. The van der Waals surface area contributed by atoms with Crippen LogP contribution in [0.15, 0.2) is 53.6 Å². The van der Waals surface area contributed by atoms with Crippen molar-refractivity contribution in [3.8, 4) is 5.75 Å². The van der Waals surface area contributed by atoms with Crippen LogP contribution in [-0.2, 0) is 4.79 Å². The fourth-order valence-electron chi connectivity index (χ4n) is 1.95. The SMILES string of the molecule is Cc1cc(OCC(=O)N/N=C/C(C)c2ccccc2)ccc1Cl. The zero-order valence-electron chi connectivity index (χ0n) is 13.1. The van der Waals surface area contributed by atoms with Gasteiger partial charge in [0.2, 0.25) is 0 Å². The molecule has 1 unspecified atom stereocenters. The number of nitrogens with zero attached hydrogens (tertiary/aromatic N) is 1. The highest BCUT2D eigenvalue weighted by Gasteiger charge is 2.04. The first kappa shape index (κ1) is 17.0. The number of hydrogen-bond donors (Lipinski definition) is 1. The largest absolute Gasteiger partial charge is 0.484 e. The van der Waals surface area contributed by atoms with Crippen LogP contribution in [0.25, 0.3) is 0 Å². The van der Waals surface area contributed by atoms with Crippen LogP contribution in [0.5, 0.6) is 5.75 Å². The minimum atomic E-state index is -0.311. The minimum absolute atomic E-state index is 0.0991. The third kappa shape index (κ3) is 5.42. The Kier molecular flexibility index (Phi) is 6.18. The maximum Gasteiger partial charge on any atom is 0.277 e. The third-order valence-electron chi connectivity index (χ3n) is 3.31. The van der Waals surface area contributed by atoms with Gasteiger partial charge in [0, 0.05) is 17.2 Å². The summed E-state index contributed by atoms with van der Waals surface area (Å²) in [6.45, 7) is 3.79. The summed E-state index contributed by atoms with van der Waals surface area (Å²) in [4.78, 5) is 11.7. The molecule has 1 amide bonds. The highest BCUT2D eigenvalue weighted by molar-refractivity contribution is 6.31. The van der Waals surface area contributed by atoms with Crippen molar-refractivity contribution < 1.29 is 9.53 Å². The lowest BCUT2D eigenvalue weighted by Gasteiger charge is -2.07. The summed E-state index contributed by atoms with van der Waals surface area (Å²) >= 11 is 5.94. The molecule has 2 rings (SSSR count). The average molecular weight is 331 g/mol. The predicted octanol–water partition coefficient (Wildman–Crippen LogP) is 3.93. The molecule has 0 aliphatic heterocycles. The number of rotatable bonds is 6. The molecule has 120 valence electrons. The number of nitrogens with one attached hydrogen (secondary N) is 1. The van der Waals surface area contributed by atoms with E-state index in [0.717, 1.165) is 11.1 Å². The van der Waals surface area contributed by atoms with Crippen molar-refractivity contribution in [1.82, 2.24) is 5.43 Å². The van der Waals surface area contributed by atoms with Crippen molar-refractivity contribution in [3.05, 3.63) is 64.7 Å². The maximum atomic E-state index is 11.7. The summed E-state index contributed by atoms with van der Waals surface area (Å²) in [6.07, 6.45) is 1.69. The van der Waals surface area contributed by atoms with E-state index in [9.17, 15) is 4.79 Å². The van der Waals surface area contributed by atoms with Gasteiger partial charge in [0.25, 0.3) is 5.91 Å². The number of halogens is 1. The fraction of sp³-hybridized carbons (Fsp3) is 0.222. The van der Waals surface area contributed by atoms with Gasteiger partial charge in [-0.05, 0) is 36.2 Å². The molecule has 0 saturated heterocycles. The second kappa shape index (κ2) is 8.34. The molecule has 0 radical (unpaired) electrons. The number of carbonyl (C=O) groups excluding carboxylic acids is 1. The van der Waals surface area contributed by atoms with Gasteiger partial charge in [-0.1, -0.05) is 48.9 Å². The highest BCUT2D eigenvalue weighted by Crippen LogP contribution is 2.20. The van der Waals surface area contributed by atoms with Crippen LogP contribution < -0.4 is 10.2 Å². The van der Waals surface area contributed by atoms with E-state index in [-0.39, 0.29) is 18.4 Å². The second-order valence-corrected chi connectivity index (χ2v) is 5.62. The molecule has 1 atom stereocenters. The van der Waals surface area contributed by atoms with E-state index < -0.39 is 0 Å². The number of hydrogen-bond acceptors (Lipinski definition) is 3. The van der Waals surface area contributed by atoms with E-state index in [4.69, 9.17) is 16.3 Å². The van der Waals surface area contributed by atoms with Gasteiger partial charge in [0.15, 0.2) is 6.61 Å². The van der Waals surface area contributed by atoms with Crippen molar-refractivity contribution in [2.45, 2.75) is 19.8 Å². The van der Waals surface area contributed by atoms with Gasteiger partial charge in [-0.25, -0.2) is 5.43 Å². The Hall–Kier alpha value is -2.33. The summed E-state index contributed by atoms with van der Waals surface area (Å²) in [5, 5.41) is 4.63. The monoisotopic (exact) mass is 330 g/mol. The first-order valence-electron chi connectivity index (χ1n) is 7.32. The summed E-state index contributed by atoms with van der Waals surface area (Å²) in [6, 6.07) is 15.2. The number of ether oxygens (including phenoxy) is 1. The fourth-order valence-corrected chi connectivity index (χ4v) is 2.07. The Labute approximate surface area is 141 Å². The molecule has 23 heavy (non-hydrogen) atoms. The molecule has 0 fully saturated rings. The van der Waals surface area contributed by atoms with E-state index in [1.807, 2.05) is 44.2 Å². The van der Waals surface area contributed by atoms with Crippen LogP contribution in [0.1, 0.15) is 24.0 Å². The van der Waals surface area contributed by atoms with Crippen LogP contribution in [-0.4, -0.2) is 18.7 Å². The molecular weight excluding hydrogens is 312 g/mol. The van der Waals surface area contributed by atoms with Crippen LogP contribution in [0.2, 0.25) is 5.02 Å². The lowest BCUT2D eigenvalue weighted by molar-refractivity contribution is -0.123. The molecule has 0 aliphatic rings. The number of aryl methyl sites for hydroxylation is 1. The van der Waals surface area contributed by atoms with Crippen molar-refractivity contribution in [2.24, 2.45) is 5.10 Å². The summed E-state index contributed by atoms with van der Waals surface area (Å²) in [5.74, 6) is 0.411. The standard InChI is InChI=1S/C18H19ClN2O2/c1-13-10-16(8-9-17(13)19)23-12-18(22)21-20-11-14(2)15-6-4-3-5-7-15/h3-11,14H,12H2,1-2H3,(H,21,22)/b20-11+. The molecule has 1 N–H and O–H groups in total. The molecule has 0 saturated carbocycles. The molecule has 5 heteroatoms. The zero-order chi connectivity index (χ0) is 16.7. The highest BCUT2D eigenvalue weighted by atomic mass is 35.5. The normalized spacial score (nSPS) is 12.1. The number of hydrazone groups is 1. The van der Waals surface area contributed by atoms with Gasteiger partial charge in [-0.2, -0.15) is 5.10 Å². The Morgan fingerprint density at radius 3 is 2.74 bits per heavy atom. The third-order valence-corrected chi connectivity index (χ3v) is 3.74. The molecule has 0 aliphatic carbocycles. The topological polar surface area (TPSA) is 50.7 Å². The Morgan fingerprint density at radius 2 is 2.04 bits per heavy atom. The quantitative estimate of drug-likeness (QED) is 0.644. The lowest BCUT2D eigenvalue weighted by Crippen LogP contribution is -2.24. The summed E-state index contributed by atoms with van der Waals surface area (Å²) < 4.78 is 5.40. The molecular formula is C18H19ClN2O2. The van der Waals surface area contributed by atoms with Gasteiger partial charge in [-0.15, -0.1) is 0 Å². The van der Waals surface area contributed by atoms with Crippen LogP contribution in [0.3, 0.4) is 0 Å². The first-order chi connectivity index (χ1) is 11.1. The second-order valence-electron chi connectivity index (χ2n) is 5.21. The van der Waals surface area contributed by atoms with E-state index in [2.05, 4.69) is 10.5 Å². The molecule has 0 heterocycles. The summed E-state index contributed by atoms with van der Waals surface area (Å²) in [5.41, 5.74) is 4.50. The van der Waals surface area contributed by atoms with Crippen LogP contribution >= 0.6 is 11.6 Å². The summed E-state index contributed by atoms with van der Waals surface area (Å²) in [7, 11) is 0. The lowest BCUT2D eigenvalue weighted by atomic mass is 10.0. The maximum absolute atomic E-state index is 11.7. The van der Waals surface area contributed by atoms with Gasteiger partial charge < -0.3 is 4.74 Å². The Balaban J connectivity index is 1.78. The molecule has 0 spiro atoms. The number of benzene rings is 2. The van der Waals surface area contributed by atoms with E-state index in [0.29, 0.717) is 10.8 Å². The van der Waals surface area contributed by atoms with E-state index in [1.165, 1.54) is 0 Å². The Morgan fingerprint density at radius 1 is 1.30 bits per heavy atom. The predicted molar refractivity (Wildman–Crippen MR) is 93.2 cm³/mol. The van der Waals surface area contributed by atoms with E-state index in [1.54, 1.807) is 24.4 Å². The Bertz CT molecular complexity index is 687. The molecule has 4 nitrogen and oxygen atoms in total. The van der Waals surface area contributed by atoms with Crippen molar-refractivity contribution in [2.75, 3.05) is 6.61 Å². The first-order valence-corrected chi connectivity index (χ1v) is 7.70. The van der Waals surface area contributed by atoms with Gasteiger partial charge in [0.05, 0.1) is 0 Å². The van der Waals surface area contributed by atoms with Gasteiger partial charge >= 0.3 is 0 Å². The van der Waals surface area contributed by atoms with Crippen LogP contribution in [0.4, 0.5) is 0 Å². The average Bonchev–Trinajstić information content (AvgIpc) is 2.56. The van der Waals surface area contributed by atoms with Crippen molar-refractivity contribution >= 4 is 23.7 Å². The number of amides is 1. The van der Waals surface area contributed by atoms with Gasteiger partial charge in [0.1, 0.15) is 5.75 Å².